The fraction of sp³-hybridized carbons (Fsp3) is 0.364. The number of hydrogen-bond acceptors (Lipinski definition) is 2. The summed E-state index contributed by atoms with van der Waals surface area (Å²) in [5.41, 5.74) is -0.940. The molecule has 0 aliphatic heterocycles. The van der Waals surface area contributed by atoms with Crippen molar-refractivity contribution in [2.45, 2.75) is 19.0 Å². The molecule has 18 heavy (non-hydrogen) atoms. The van der Waals surface area contributed by atoms with Crippen LogP contribution in [0.3, 0.4) is 0 Å². The maximum Gasteiger partial charge on any atom is 0.420 e. The first-order valence-corrected chi connectivity index (χ1v) is 5.65. The third kappa shape index (κ3) is 2.95. The maximum absolute atomic E-state index is 12.8. The molecule has 3 nitrogen and oxygen atoms in total. The molecule has 0 radical (unpaired) electrons. The number of rotatable bonds is 3. The van der Waals surface area contributed by atoms with Crippen LogP contribution < -0.4 is 4.74 Å². The summed E-state index contributed by atoms with van der Waals surface area (Å²) in [5, 5.41) is 8.82. The molecule has 1 atom stereocenters. The molecule has 0 saturated carbocycles. The Hall–Kier alpha value is -1.24. The van der Waals surface area contributed by atoms with E-state index >= 15 is 0 Å². The topological polar surface area (TPSA) is 46.5 Å². The highest BCUT2D eigenvalue weighted by molar-refractivity contribution is 9.10. The monoisotopic (exact) mass is 326 g/mol. The molecule has 100 valence electrons. The summed E-state index contributed by atoms with van der Waals surface area (Å²) in [6.07, 6.45) is -4.61. The molecule has 0 aliphatic rings. The highest BCUT2D eigenvalue weighted by Gasteiger charge is 2.36. The van der Waals surface area contributed by atoms with Crippen LogP contribution in [-0.2, 0) is 11.0 Å². The Balaban J connectivity index is 3.44. The molecular formula is C11H10BrF3O3. The minimum absolute atomic E-state index is 0.0579. The van der Waals surface area contributed by atoms with E-state index in [0.717, 1.165) is 13.2 Å². The Bertz CT molecular complexity index is 471. The standard InChI is InChI=1S/C11H10BrF3O3/c1-5(10(16)17)6-3-7(11(13,14)15)9(18-2)8(12)4-6/h3-5H,1-2H3,(H,16,17). The fourth-order valence-electron chi connectivity index (χ4n) is 1.43. The van der Waals surface area contributed by atoms with Gasteiger partial charge in [-0.15, -0.1) is 0 Å². The number of aliphatic carboxylic acids is 1. The Morgan fingerprint density at radius 1 is 1.44 bits per heavy atom. The Kier molecular flexibility index (Phi) is 4.26. The van der Waals surface area contributed by atoms with E-state index in [-0.39, 0.29) is 15.8 Å². The number of methoxy groups -OCH3 is 1. The normalized spacial score (nSPS) is 13.2. The number of halogens is 4. The summed E-state index contributed by atoms with van der Waals surface area (Å²) in [6, 6.07) is 2.11. The molecule has 7 heteroatoms. The van der Waals surface area contributed by atoms with Gasteiger partial charge in [-0.1, -0.05) is 0 Å². The molecule has 1 aromatic rings. The largest absolute Gasteiger partial charge is 0.495 e. The summed E-state index contributed by atoms with van der Waals surface area (Å²) in [7, 11) is 1.12. The number of alkyl halides is 3. The van der Waals surface area contributed by atoms with Crippen LogP contribution >= 0.6 is 15.9 Å². The molecule has 0 bridgehead atoms. The quantitative estimate of drug-likeness (QED) is 0.921. The summed E-state index contributed by atoms with van der Waals surface area (Å²) in [6.45, 7) is 1.32. The molecule has 1 N–H and O–H groups in total. The van der Waals surface area contributed by atoms with Gasteiger partial charge in [0.2, 0.25) is 0 Å². The molecule has 0 spiro atoms. The highest BCUT2D eigenvalue weighted by atomic mass is 79.9. The van der Waals surface area contributed by atoms with Crippen molar-refractivity contribution in [2.24, 2.45) is 0 Å². The average Bonchev–Trinajstić information content (AvgIpc) is 2.25. The van der Waals surface area contributed by atoms with Crippen molar-refractivity contribution in [3.8, 4) is 5.75 Å². The molecule has 0 aromatic heterocycles. The zero-order valence-corrected chi connectivity index (χ0v) is 11.1. The zero-order chi connectivity index (χ0) is 14.1. The van der Waals surface area contributed by atoms with Crippen LogP contribution in [0.5, 0.6) is 5.75 Å². The van der Waals surface area contributed by atoms with Crippen molar-refractivity contribution in [2.75, 3.05) is 7.11 Å². The van der Waals surface area contributed by atoms with E-state index in [9.17, 15) is 18.0 Å². The van der Waals surface area contributed by atoms with Crippen LogP contribution in [0.25, 0.3) is 0 Å². The van der Waals surface area contributed by atoms with Gasteiger partial charge in [0, 0.05) is 0 Å². The Morgan fingerprint density at radius 3 is 2.39 bits per heavy atom. The lowest BCUT2D eigenvalue weighted by Gasteiger charge is -2.16. The van der Waals surface area contributed by atoms with Gasteiger partial charge in [-0.05, 0) is 40.5 Å². The van der Waals surface area contributed by atoms with E-state index in [2.05, 4.69) is 20.7 Å². The second-order valence-corrected chi connectivity index (χ2v) is 4.50. The smallest absolute Gasteiger partial charge is 0.420 e. The number of carbonyl (C=O) groups is 1. The zero-order valence-electron chi connectivity index (χ0n) is 9.51. The molecular weight excluding hydrogens is 317 g/mol. The van der Waals surface area contributed by atoms with Crippen molar-refractivity contribution in [3.63, 3.8) is 0 Å². The van der Waals surface area contributed by atoms with Crippen LogP contribution in [0.15, 0.2) is 16.6 Å². The van der Waals surface area contributed by atoms with Gasteiger partial charge in [-0.3, -0.25) is 4.79 Å². The predicted octanol–water partition coefficient (Wildman–Crippen LogP) is 3.66. The van der Waals surface area contributed by atoms with E-state index in [1.54, 1.807) is 0 Å². The lowest BCUT2D eigenvalue weighted by atomic mass is 9.98. The van der Waals surface area contributed by atoms with E-state index in [1.807, 2.05) is 0 Å². The van der Waals surface area contributed by atoms with Gasteiger partial charge in [0.25, 0.3) is 0 Å². The Morgan fingerprint density at radius 2 is 2.00 bits per heavy atom. The summed E-state index contributed by atoms with van der Waals surface area (Å²) in [5.74, 6) is -2.59. The van der Waals surface area contributed by atoms with Gasteiger partial charge >= 0.3 is 12.1 Å². The molecule has 1 unspecified atom stereocenters. The lowest BCUT2D eigenvalue weighted by Crippen LogP contribution is -2.12. The van der Waals surface area contributed by atoms with Crippen molar-refractivity contribution < 1.29 is 27.8 Å². The summed E-state index contributed by atoms with van der Waals surface area (Å²) >= 11 is 2.95. The van der Waals surface area contributed by atoms with Crippen LogP contribution in [0.4, 0.5) is 13.2 Å². The molecule has 0 saturated heterocycles. The number of benzene rings is 1. The number of carboxylic acids is 1. The third-order valence-electron chi connectivity index (χ3n) is 2.45. The predicted molar refractivity (Wildman–Crippen MR) is 61.7 cm³/mol. The van der Waals surface area contributed by atoms with Gasteiger partial charge < -0.3 is 9.84 Å². The van der Waals surface area contributed by atoms with E-state index in [1.165, 1.54) is 13.0 Å². The van der Waals surface area contributed by atoms with E-state index < -0.39 is 23.6 Å². The second-order valence-electron chi connectivity index (χ2n) is 3.64. The van der Waals surface area contributed by atoms with Gasteiger partial charge in [0.15, 0.2) is 0 Å². The van der Waals surface area contributed by atoms with Crippen LogP contribution in [0, 0.1) is 0 Å². The summed E-state index contributed by atoms with van der Waals surface area (Å²) in [4.78, 5) is 10.8. The molecule has 0 fully saturated rings. The van der Waals surface area contributed by atoms with Crippen LogP contribution in [0.2, 0.25) is 0 Å². The second kappa shape index (κ2) is 5.17. The Labute approximate surface area is 110 Å². The minimum Gasteiger partial charge on any atom is -0.495 e. The molecule has 0 aliphatic carbocycles. The first-order chi connectivity index (χ1) is 8.18. The van der Waals surface area contributed by atoms with Gasteiger partial charge in [0.05, 0.1) is 23.1 Å². The first kappa shape index (κ1) is 14.8. The molecule has 1 rings (SSSR count). The summed E-state index contributed by atoms with van der Waals surface area (Å²) < 4.78 is 43.2. The number of hydrogen-bond donors (Lipinski definition) is 1. The van der Waals surface area contributed by atoms with Crippen molar-refractivity contribution in [1.29, 1.82) is 0 Å². The van der Waals surface area contributed by atoms with Gasteiger partial charge in [0.1, 0.15) is 5.75 Å². The number of carboxylic acid groups (broad SMARTS) is 1. The van der Waals surface area contributed by atoms with Gasteiger partial charge in [-0.2, -0.15) is 13.2 Å². The van der Waals surface area contributed by atoms with Gasteiger partial charge in [-0.25, -0.2) is 0 Å². The molecule has 0 heterocycles. The van der Waals surface area contributed by atoms with Crippen molar-refractivity contribution in [3.05, 3.63) is 27.7 Å². The van der Waals surface area contributed by atoms with E-state index in [4.69, 9.17) is 5.11 Å². The number of ether oxygens (including phenoxy) is 1. The molecule has 0 amide bonds. The molecule has 1 aromatic carbocycles. The maximum atomic E-state index is 12.8. The van der Waals surface area contributed by atoms with Crippen LogP contribution in [-0.4, -0.2) is 18.2 Å². The average molecular weight is 327 g/mol. The first-order valence-electron chi connectivity index (χ1n) is 4.86. The minimum atomic E-state index is -4.61. The van der Waals surface area contributed by atoms with Crippen molar-refractivity contribution >= 4 is 21.9 Å². The fourth-order valence-corrected chi connectivity index (χ4v) is 2.06. The van der Waals surface area contributed by atoms with Crippen LogP contribution in [0.1, 0.15) is 24.0 Å². The SMILES string of the molecule is COc1c(Br)cc(C(C)C(=O)O)cc1C(F)(F)F. The van der Waals surface area contributed by atoms with E-state index in [0.29, 0.717) is 0 Å². The lowest BCUT2D eigenvalue weighted by molar-refractivity contribution is -0.140. The highest BCUT2D eigenvalue weighted by Crippen LogP contribution is 2.42. The van der Waals surface area contributed by atoms with Crippen molar-refractivity contribution in [1.82, 2.24) is 0 Å². The third-order valence-corrected chi connectivity index (χ3v) is 3.03.